The lowest BCUT2D eigenvalue weighted by molar-refractivity contribution is -0.200. The van der Waals surface area contributed by atoms with Crippen LogP contribution in [0.25, 0.3) is 0 Å². The van der Waals surface area contributed by atoms with Crippen molar-refractivity contribution in [2.45, 2.75) is 44.9 Å². The molecule has 1 rings (SSSR count). The summed E-state index contributed by atoms with van der Waals surface area (Å²) in [7, 11) is 2.73. The Morgan fingerprint density at radius 2 is 1.83 bits per heavy atom. The third-order valence-corrected chi connectivity index (χ3v) is 3.07. The molecule has 2 atom stereocenters. The third-order valence-electron chi connectivity index (χ3n) is 3.07. The van der Waals surface area contributed by atoms with Gasteiger partial charge in [0.1, 0.15) is 5.60 Å². The standard InChI is InChI=1S/C12H21NO5/c1-8-12(17-6,9(14)16-5)7-13(8)10(15)18-11(2,3)4/h8H,7H2,1-6H3. The molecule has 0 spiro atoms. The summed E-state index contributed by atoms with van der Waals surface area (Å²) in [6, 6.07) is -0.412. The summed E-state index contributed by atoms with van der Waals surface area (Å²) in [5.74, 6) is -0.475. The molecule has 1 amide bonds. The molecular formula is C12H21NO5. The lowest BCUT2D eigenvalue weighted by atomic mass is 9.84. The van der Waals surface area contributed by atoms with E-state index >= 15 is 0 Å². The van der Waals surface area contributed by atoms with Gasteiger partial charge in [0.05, 0.1) is 19.7 Å². The molecule has 18 heavy (non-hydrogen) atoms. The second-order valence-electron chi connectivity index (χ2n) is 5.37. The van der Waals surface area contributed by atoms with E-state index in [1.54, 1.807) is 27.7 Å². The zero-order chi connectivity index (χ0) is 14.1. The minimum atomic E-state index is -1.08. The van der Waals surface area contributed by atoms with E-state index in [1.807, 2.05) is 0 Å². The number of methoxy groups -OCH3 is 2. The van der Waals surface area contributed by atoms with E-state index in [2.05, 4.69) is 0 Å². The van der Waals surface area contributed by atoms with Crippen molar-refractivity contribution in [3.05, 3.63) is 0 Å². The first-order valence-electron chi connectivity index (χ1n) is 5.81. The molecule has 2 unspecified atom stereocenters. The van der Waals surface area contributed by atoms with Crippen LogP contribution in [-0.4, -0.2) is 55.0 Å². The molecule has 0 N–H and O–H groups in total. The molecule has 0 radical (unpaired) electrons. The number of hydrogen-bond acceptors (Lipinski definition) is 5. The summed E-state index contributed by atoms with van der Waals surface area (Å²) < 4.78 is 15.2. The summed E-state index contributed by atoms with van der Waals surface area (Å²) >= 11 is 0. The predicted octanol–water partition coefficient (Wildman–Crippen LogP) is 1.18. The molecule has 1 aliphatic rings. The van der Waals surface area contributed by atoms with Crippen LogP contribution in [0.1, 0.15) is 27.7 Å². The van der Waals surface area contributed by atoms with Gasteiger partial charge in [-0.05, 0) is 27.7 Å². The van der Waals surface area contributed by atoms with Crippen LogP contribution in [0, 0.1) is 0 Å². The number of ether oxygens (including phenoxy) is 3. The van der Waals surface area contributed by atoms with Crippen LogP contribution in [0.2, 0.25) is 0 Å². The number of likely N-dealkylation sites (tertiary alicyclic amines) is 1. The first-order chi connectivity index (χ1) is 8.18. The van der Waals surface area contributed by atoms with Gasteiger partial charge >= 0.3 is 12.1 Å². The average molecular weight is 259 g/mol. The molecule has 0 aromatic heterocycles. The van der Waals surface area contributed by atoms with Gasteiger partial charge in [-0.2, -0.15) is 0 Å². The second kappa shape index (κ2) is 4.76. The summed E-state index contributed by atoms with van der Waals surface area (Å²) in [5.41, 5.74) is -1.64. The summed E-state index contributed by atoms with van der Waals surface area (Å²) in [4.78, 5) is 25.0. The molecule has 6 heteroatoms. The van der Waals surface area contributed by atoms with Crippen molar-refractivity contribution in [2.75, 3.05) is 20.8 Å². The van der Waals surface area contributed by atoms with Crippen molar-refractivity contribution in [1.29, 1.82) is 0 Å². The van der Waals surface area contributed by atoms with Gasteiger partial charge in [-0.15, -0.1) is 0 Å². The highest BCUT2D eigenvalue weighted by Gasteiger charge is 2.60. The highest BCUT2D eigenvalue weighted by Crippen LogP contribution is 2.34. The van der Waals surface area contributed by atoms with Gasteiger partial charge in [0.15, 0.2) is 0 Å². The van der Waals surface area contributed by atoms with Crippen molar-refractivity contribution in [3.8, 4) is 0 Å². The number of rotatable bonds is 2. The maximum atomic E-state index is 11.9. The van der Waals surface area contributed by atoms with E-state index in [9.17, 15) is 9.59 Å². The lowest BCUT2D eigenvalue weighted by Crippen LogP contribution is -2.74. The van der Waals surface area contributed by atoms with Gasteiger partial charge in [-0.25, -0.2) is 9.59 Å². The number of carbonyl (C=O) groups excluding carboxylic acids is 2. The SMILES string of the molecule is COC(=O)C1(OC)CN(C(=O)OC(C)(C)C)C1C. The zero-order valence-corrected chi connectivity index (χ0v) is 11.8. The Balaban J connectivity index is 2.72. The second-order valence-corrected chi connectivity index (χ2v) is 5.37. The number of amides is 1. The Hall–Kier alpha value is -1.30. The molecule has 1 aliphatic heterocycles. The molecule has 6 nitrogen and oxygen atoms in total. The fraction of sp³-hybridized carbons (Fsp3) is 0.833. The summed E-state index contributed by atoms with van der Waals surface area (Å²) in [6.45, 7) is 7.25. The topological polar surface area (TPSA) is 65.1 Å². The van der Waals surface area contributed by atoms with E-state index in [0.29, 0.717) is 0 Å². The molecule has 1 fully saturated rings. The van der Waals surface area contributed by atoms with Crippen molar-refractivity contribution in [3.63, 3.8) is 0 Å². The molecule has 0 aromatic carbocycles. The van der Waals surface area contributed by atoms with E-state index in [1.165, 1.54) is 19.1 Å². The highest BCUT2D eigenvalue weighted by molar-refractivity contribution is 5.85. The quantitative estimate of drug-likeness (QED) is 0.697. The number of hydrogen-bond donors (Lipinski definition) is 0. The Kier molecular flexibility index (Phi) is 3.90. The maximum Gasteiger partial charge on any atom is 0.410 e. The van der Waals surface area contributed by atoms with Crippen LogP contribution in [0.15, 0.2) is 0 Å². The van der Waals surface area contributed by atoms with Crippen molar-refractivity contribution < 1.29 is 23.8 Å². The Morgan fingerprint density at radius 3 is 2.17 bits per heavy atom. The van der Waals surface area contributed by atoms with E-state index in [-0.39, 0.29) is 6.54 Å². The minimum Gasteiger partial charge on any atom is -0.467 e. The van der Waals surface area contributed by atoms with Crippen LogP contribution in [0.4, 0.5) is 4.79 Å². The monoisotopic (exact) mass is 259 g/mol. The first kappa shape index (κ1) is 14.8. The summed E-state index contributed by atoms with van der Waals surface area (Å²) in [5, 5.41) is 0. The van der Waals surface area contributed by atoms with Crippen LogP contribution >= 0.6 is 0 Å². The van der Waals surface area contributed by atoms with Crippen LogP contribution < -0.4 is 0 Å². The Morgan fingerprint density at radius 1 is 1.28 bits per heavy atom. The molecular weight excluding hydrogens is 238 g/mol. The van der Waals surface area contributed by atoms with Gasteiger partial charge in [0.2, 0.25) is 5.60 Å². The lowest BCUT2D eigenvalue weighted by Gasteiger charge is -2.52. The molecule has 104 valence electrons. The van der Waals surface area contributed by atoms with Crippen LogP contribution in [-0.2, 0) is 19.0 Å². The Labute approximate surface area is 107 Å². The van der Waals surface area contributed by atoms with E-state index < -0.39 is 29.3 Å². The highest BCUT2D eigenvalue weighted by atomic mass is 16.6. The van der Waals surface area contributed by atoms with Gasteiger partial charge in [-0.3, -0.25) is 4.90 Å². The van der Waals surface area contributed by atoms with Crippen molar-refractivity contribution >= 4 is 12.1 Å². The van der Waals surface area contributed by atoms with Gasteiger partial charge in [0.25, 0.3) is 0 Å². The fourth-order valence-corrected chi connectivity index (χ4v) is 1.93. The number of esters is 1. The smallest absolute Gasteiger partial charge is 0.410 e. The van der Waals surface area contributed by atoms with Crippen molar-refractivity contribution in [2.24, 2.45) is 0 Å². The molecule has 0 bridgehead atoms. The fourth-order valence-electron chi connectivity index (χ4n) is 1.93. The third kappa shape index (κ3) is 2.43. The van der Waals surface area contributed by atoms with Crippen LogP contribution in [0.3, 0.4) is 0 Å². The normalized spacial score (nSPS) is 27.4. The molecule has 1 saturated heterocycles. The molecule has 0 saturated carbocycles. The van der Waals surface area contributed by atoms with E-state index in [4.69, 9.17) is 14.2 Å². The first-order valence-corrected chi connectivity index (χ1v) is 5.81. The molecule has 1 heterocycles. The molecule has 0 aliphatic carbocycles. The van der Waals surface area contributed by atoms with Crippen LogP contribution in [0.5, 0.6) is 0 Å². The molecule has 0 aromatic rings. The van der Waals surface area contributed by atoms with Crippen molar-refractivity contribution in [1.82, 2.24) is 4.90 Å². The van der Waals surface area contributed by atoms with E-state index in [0.717, 1.165) is 0 Å². The predicted molar refractivity (Wildman–Crippen MR) is 64.2 cm³/mol. The number of carbonyl (C=O) groups is 2. The average Bonchev–Trinajstić information content (AvgIpc) is 2.25. The zero-order valence-electron chi connectivity index (χ0n) is 11.8. The number of nitrogens with zero attached hydrogens (tertiary/aromatic N) is 1. The Bertz CT molecular complexity index is 349. The largest absolute Gasteiger partial charge is 0.467 e. The summed E-state index contributed by atoms with van der Waals surface area (Å²) in [6.07, 6.45) is -0.452. The maximum absolute atomic E-state index is 11.9. The van der Waals surface area contributed by atoms with Gasteiger partial charge in [-0.1, -0.05) is 0 Å². The van der Waals surface area contributed by atoms with Gasteiger partial charge in [0, 0.05) is 7.11 Å². The van der Waals surface area contributed by atoms with Gasteiger partial charge < -0.3 is 14.2 Å². The minimum absolute atomic E-state index is 0.145.